The van der Waals surface area contributed by atoms with Gasteiger partial charge in [0.05, 0.1) is 29.5 Å². The molecule has 3 aromatic rings. The van der Waals surface area contributed by atoms with Crippen LogP contribution in [0, 0.1) is 0 Å². The average Bonchev–Trinajstić information content (AvgIpc) is 2.97. The highest BCUT2D eigenvalue weighted by Crippen LogP contribution is 2.19. The molecule has 1 amide bonds. The van der Waals surface area contributed by atoms with Crippen LogP contribution in [0.25, 0.3) is 10.2 Å². The number of carbonyl (C=O) groups is 2. The Morgan fingerprint density at radius 2 is 1.96 bits per heavy atom. The maximum absolute atomic E-state index is 12.5. The number of hydrogen-bond acceptors (Lipinski definition) is 5. The average molecular weight is 370 g/mol. The van der Waals surface area contributed by atoms with E-state index in [0.717, 1.165) is 10.2 Å². The van der Waals surface area contributed by atoms with Crippen molar-refractivity contribution < 1.29 is 19.1 Å². The predicted molar refractivity (Wildman–Crippen MR) is 99.6 cm³/mol. The Morgan fingerprint density at radius 3 is 2.69 bits per heavy atom. The van der Waals surface area contributed by atoms with E-state index in [2.05, 4.69) is 4.99 Å². The fourth-order valence-corrected chi connectivity index (χ4v) is 3.55. The largest absolute Gasteiger partial charge is 0.497 e. The van der Waals surface area contributed by atoms with Crippen LogP contribution in [-0.4, -0.2) is 30.2 Å². The lowest BCUT2D eigenvalue weighted by molar-refractivity contribution is 0.0526. The fraction of sp³-hybridized carbons (Fsp3) is 0.211. The van der Waals surface area contributed by atoms with E-state index < -0.39 is 0 Å². The van der Waals surface area contributed by atoms with Gasteiger partial charge in [-0.3, -0.25) is 4.79 Å². The number of hydrogen-bond donors (Lipinski definition) is 0. The van der Waals surface area contributed by atoms with Gasteiger partial charge in [-0.1, -0.05) is 17.4 Å². The number of esters is 1. The van der Waals surface area contributed by atoms with Crippen molar-refractivity contribution in [1.82, 2.24) is 4.57 Å². The standard InChI is InChI=1S/C19H18N2O4S/c1-4-25-18(23)13-8-9-15-16(11-13)26-19(21(15)2)20-17(22)12-6-5-7-14(10-12)24-3/h5-11H,4H2,1-3H3. The van der Waals surface area contributed by atoms with Gasteiger partial charge in [-0.15, -0.1) is 0 Å². The van der Waals surface area contributed by atoms with Crippen molar-refractivity contribution in [3.8, 4) is 5.75 Å². The van der Waals surface area contributed by atoms with Gasteiger partial charge >= 0.3 is 5.97 Å². The first kappa shape index (κ1) is 17.9. The summed E-state index contributed by atoms with van der Waals surface area (Å²) in [4.78, 5) is 29.1. The maximum atomic E-state index is 12.5. The summed E-state index contributed by atoms with van der Waals surface area (Å²) in [5.41, 5.74) is 1.82. The van der Waals surface area contributed by atoms with Crippen molar-refractivity contribution >= 4 is 33.4 Å². The molecule has 2 aromatic carbocycles. The zero-order chi connectivity index (χ0) is 18.7. The first-order chi connectivity index (χ1) is 12.5. The predicted octanol–water partition coefficient (Wildman–Crippen LogP) is 3.17. The highest BCUT2D eigenvalue weighted by molar-refractivity contribution is 7.16. The van der Waals surface area contributed by atoms with E-state index in [1.165, 1.54) is 11.3 Å². The molecule has 0 aliphatic rings. The number of fused-ring (bicyclic) bond motifs is 1. The molecule has 3 rings (SSSR count). The molecule has 0 aliphatic heterocycles. The van der Waals surface area contributed by atoms with Gasteiger partial charge in [-0.25, -0.2) is 4.79 Å². The Balaban J connectivity index is 2.01. The molecule has 1 heterocycles. The summed E-state index contributed by atoms with van der Waals surface area (Å²) in [5.74, 6) is -0.112. The molecule has 1 aromatic heterocycles. The van der Waals surface area contributed by atoms with Crippen LogP contribution in [0.15, 0.2) is 47.5 Å². The Labute approximate surface area is 154 Å². The Morgan fingerprint density at radius 1 is 1.15 bits per heavy atom. The lowest BCUT2D eigenvalue weighted by Crippen LogP contribution is -2.13. The molecular weight excluding hydrogens is 352 g/mol. The van der Waals surface area contributed by atoms with E-state index >= 15 is 0 Å². The van der Waals surface area contributed by atoms with E-state index in [1.54, 1.807) is 50.4 Å². The van der Waals surface area contributed by atoms with Gasteiger partial charge in [0.25, 0.3) is 5.91 Å². The molecule has 0 saturated heterocycles. The molecular formula is C19H18N2O4S. The van der Waals surface area contributed by atoms with Gasteiger partial charge in [0.15, 0.2) is 4.80 Å². The summed E-state index contributed by atoms with van der Waals surface area (Å²) < 4.78 is 12.9. The number of rotatable bonds is 4. The number of methoxy groups -OCH3 is 1. The molecule has 0 atom stereocenters. The van der Waals surface area contributed by atoms with E-state index in [0.29, 0.717) is 28.3 Å². The molecule has 0 spiro atoms. The summed E-state index contributed by atoms with van der Waals surface area (Å²) >= 11 is 1.34. The molecule has 0 unspecified atom stereocenters. The first-order valence-electron chi connectivity index (χ1n) is 8.03. The number of carbonyl (C=O) groups excluding carboxylic acids is 2. The molecule has 7 heteroatoms. The van der Waals surface area contributed by atoms with Crippen molar-refractivity contribution in [1.29, 1.82) is 0 Å². The normalized spacial score (nSPS) is 11.6. The molecule has 0 N–H and O–H groups in total. The smallest absolute Gasteiger partial charge is 0.338 e. The van der Waals surface area contributed by atoms with Crippen LogP contribution in [0.1, 0.15) is 27.6 Å². The number of benzene rings is 2. The topological polar surface area (TPSA) is 69.9 Å². The third kappa shape index (κ3) is 3.52. The fourth-order valence-electron chi connectivity index (χ4n) is 2.49. The number of amides is 1. The zero-order valence-electron chi connectivity index (χ0n) is 14.7. The molecule has 0 bridgehead atoms. The van der Waals surface area contributed by atoms with Gasteiger partial charge in [-0.2, -0.15) is 4.99 Å². The number of nitrogens with zero attached hydrogens (tertiary/aromatic N) is 2. The second-order valence-corrected chi connectivity index (χ2v) is 6.50. The van der Waals surface area contributed by atoms with E-state index in [-0.39, 0.29) is 11.9 Å². The monoisotopic (exact) mass is 370 g/mol. The molecule has 6 nitrogen and oxygen atoms in total. The van der Waals surface area contributed by atoms with Crippen LogP contribution >= 0.6 is 11.3 Å². The summed E-state index contributed by atoms with van der Waals surface area (Å²) in [7, 11) is 3.38. The highest BCUT2D eigenvalue weighted by atomic mass is 32.1. The summed E-state index contributed by atoms with van der Waals surface area (Å²) in [5, 5.41) is 0. The van der Waals surface area contributed by atoms with Crippen LogP contribution in [0.4, 0.5) is 0 Å². The van der Waals surface area contributed by atoms with E-state index in [9.17, 15) is 9.59 Å². The van der Waals surface area contributed by atoms with Crippen LogP contribution in [-0.2, 0) is 11.8 Å². The van der Waals surface area contributed by atoms with E-state index in [1.807, 2.05) is 17.7 Å². The van der Waals surface area contributed by atoms with Gasteiger partial charge in [0.1, 0.15) is 5.75 Å². The lowest BCUT2D eigenvalue weighted by Gasteiger charge is -2.02. The van der Waals surface area contributed by atoms with Crippen LogP contribution < -0.4 is 9.54 Å². The van der Waals surface area contributed by atoms with Gasteiger partial charge < -0.3 is 14.0 Å². The second kappa shape index (κ2) is 7.53. The van der Waals surface area contributed by atoms with Crippen LogP contribution in [0.5, 0.6) is 5.75 Å². The molecule has 0 radical (unpaired) electrons. The SMILES string of the molecule is CCOC(=O)c1ccc2c(c1)sc(=NC(=O)c1cccc(OC)c1)n2C. The summed E-state index contributed by atoms with van der Waals surface area (Å²) in [6.07, 6.45) is 0. The molecule has 134 valence electrons. The summed E-state index contributed by atoms with van der Waals surface area (Å²) in [6, 6.07) is 12.2. The molecule has 0 fully saturated rings. The minimum absolute atomic E-state index is 0.324. The zero-order valence-corrected chi connectivity index (χ0v) is 15.5. The van der Waals surface area contributed by atoms with Crippen molar-refractivity contribution in [3.05, 3.63) is 58.4 Å². The summed E-state index contributed by atoms with van der Waals surface area (Å²) in [6.45, 7) is 2.09. The molecule has 0 saturated carbocycles. The van der Waals surface area contributed by atoms with Crippen LogP contribution in [0.2, 0.25) is 0 Å². The van der Waals surface area contributed by atoms with Crippen molar-refractivity contribution in [2.75, 3.05) is 13.7 Å². The number of thiazole rings is 1. The van der Waals surface area contributed by atoms with Gasteiger partial charge in [-0.05, 0) is 43.3 Å². The number of aromatic nitrogens is 1. The maximum Gasteiger partial charge on any atom is 0.338 e. The van der Waals surface area contributed by atoms with Gasteiger partial charge in [0.2, 0.25) is 0 Å². The van der Waals surface area contributed by atoms with Crippen LogP contribution in [0.3, 0.4) is 0 Å². The minimum Gasteiger partial charge on any atom is -0.497 e. The second-order valence-electron chi connectivity index (χ2n) is 5.50. The highest BCUT2D eigenvalue weighted by Gasteiger charge is 2.11. The van der Waals surface area contributed by atoms with Crippen molar-refractivity contribution in [3.63, 3.8) is 0 Å². The minimum atomic E-state index is -0.364. The quantitative estimate of drug-likeness (QED) is 0.662. The third-order valence-corrected chi connectivity index (χ3v) is 4.93. The lowest BCUT2D eigenvalue weighted by atomic mass is 10.2. The number of ether oxygens (including phenoxy) is 2. The molecule has 0 aliphatic carbocycles. The third-order valence-electron chi connectivity index (χ3n) is 3.83. The Kier molecular flexibility index (Phi) is 5.18. The van der Waals surface area contributed by atoms with Gasteiger partial charge in [0, 0.05) is 12.6 Å². The Hall–Kier alpha value is -2.93. The van der Waals surface area contributed by atoms with Crippen molar-refractivity contribution in [2.45, 2.75) is 6.92 Å². The van der Waals surface area contributed by atoms with E-state index in [4.69, 9.17) is 9.47 Å². The Bertz CT molecular complexity index is 1050. The molecule has 26 heavy (non-hydrogen) atoms. The number of aryl methyl sites for hydroxylation is 1. The van der Waals surface area contributed by atoms with Crippen molar-refractivity contribution in [2.24, 2.45) is 12.0 Å². The first-order valence-corrected chi connectivity index (χ1v) is 8.85.